The van der Waals surface area contributed by atoms with Gasteiger partial charge in [0.05, 0.1) is 18.9 Å². The van der Waals surface area contributed by atoms with E-state index in [4.69, 9.17) is 9.47 Å². The minimum absolute atomic E-state index is 0. The first-order chi connectivity index (χ1) is 9.41. The molecule has 0 aromatic rings. The van der Waals surface area contributed by atoms with Gasteiger partial charge < -0.3 is 9.47 Å². The Morgan fingerprint density at radius 2 is 1.16 bits per heavy atom. The molecule has 25 heavy (non-hydrogen) atoms. The van der Waals surface area contributed by atoms with Crippen LogP contribution in [0.3, 0.4) is 0 Å². The average molecular weight is 369 g/mol. The molecule has 4 nitrogen and oxygen atoms in total. The number of carbonyl (C=O) groups is 2. The highest BCUT2D eigenvalue weighted by Gasteiger charge is 2.29. The van der Waals surface area contributed by atoms with Crippen molar-refractivity contribution in [2.75, 3.05) is 6.61 Å². The van der Waals surface area contributed by atoms with Crippen molar-refractivity contribution in [2.45, 2.75) is 105 Å². The Labute approximate surface area is 161 Å². The molecule has 0 aliphatic carbocycles. The molecule has 160 valence electrons. The molecule has 2 heterocycles. The second kappa shape index (κ2) is 25.2. The van der Waals surface area contributed by atoms with E-state index in [2.05, 4.69) is 0 Å². The molecule has 2 rings (SSSR count). The fourth-order valence-electron chi connectivity index (χ4n) is 1.52. The third-order valence-electron chi connectivity index (χ3n) is 3.32. The van der Waals surface area contributed by atoms with Crippen LogP contribution < -0.4 is 0 Å². The van der Waals surface area contributed by atoms with Gasteiger partial charge in [-0.3, -0.25) is 9.59 Å². The Morgan fingerprint density at radius 1 is 0.760 bits per heavy atom. The van der Waals surface area contributed by atoms with Crippen molar-refractivity contribution in [1.82, 2.24) is 0 Å². The lowest BCUT2D eigenvalue weighted by Gasteiger charge is -2.03. The smallest absolute Gasteiger partial charge is 0.309 e. The summed E-state index contributed by atoms with van der Waals surface area (Å²) >= 11 is 0. The summed E-state index contributed by atoms with van der Waals surface area (Å²) in [5.74, 6) is 0.863. The molecule has 2 fully saturated rings. The van der Waals surface area contributed by atoms with Gasteiger partial charge in [0.2, 0.25) is 0 Å². The fraction of sp³-hybridized carbons (Fsp3) is 0.905. The van der Waals surface area contributed by atoms with Gasteiger partial charge in [-0.15, -0.1) is 0 Å². The van der Waals surface area contributed by atoms with Crippen LogP contribution in [0.25, 0.3) is 0 Å². The van der Waals surface area contributed by atoms with Crippen LogP contribution in [0.15, 0.2) is 0 Å². The molecule has 0 saturated carbocycles. The number of ether oxygens (including phenoxy) is 2. The molecule has 4 atom stereocenters. The maximum absolute atomic E-state index is 10.6. The molecule has 0 aromatic carbocycles. The largest absolute Gasteiger partial charge is 0.465 e. The molecule has 0 radical (unpaired) electrons. The van der Waals surface area contributed by atoms with Gasteiger partial charge >= 0.3 is 11.9 Å². The number of rotatable bonds is 0. The third kappa shape index (κ3) is 17.6. The lowest BCUT2D eigenvalue weighted by Crippen LogP contribution is -2.07. The van der Waals surface area contributed by atoms with Crippen molar-refractivity contribution in [3.63, 3.8) is 0 Å². The summed E-state index contributed by atoms with van der Waals surface area (Å²) in [5.41, 5.74) is 0. The van der Waals surface area contributed by atoms with Crippen molar-refractivity contribution in [1.29, 1.82) is 0 Å². The Morgan fingerprint density at radius 3 is 1.24 bits per heavy atom. The molecule has 0 amide bonds. The monoisotopic (exact) mass is 368 g/mol. The van der Waals surface area contributed by atoms with Crippen molar-refractivity contribution >= 4 is 11.9 Å². The fourth-order valence-corrected chi connectivity index (χ4v) is 1.52. The van der Waals surface area contributed by atoms with E-state index in [1.165, 1.54) is 0 Å². The topological polar surface area (TPSA) is 52.6 Å². The number of carbonyl (C=O) groups excluding carboxylic acids is 2. The summed E-state index contributed by atoms with van der Waals surface area (Å²) in [5, 5.41) is 0. The molecule has 2 aliphatic heterocycles. The first-order valence-corrected chi connectivity index (χ1v) is 7.78. The Bertz CT molecular complexity index is 265. The van der Waals surface area contributed by atoms with Crippen LogP contribution in [-0.2, 0) is 19.1 Å². The summed E-state index contributed by atoms with van der Waals surface area (Å²) < 4.78 is 9.57. The summed E-state index contributed by atoms with van der Waals surface area (Å²) in [6.07, 6.45) is 0.740. The molecule has 2 saturated heterocycles. The highest BCUT2D eigenvalue weighted by Crippen LogP contribution is 2.20. The zero-order valence-electron chi connectivity index (χ0n) is 14.4. The predicted molar refractivity (Wildman–Crippen MR) is 115 cm³/mol. The molecular weight excluding hydrogens is 316 g/mol. The molecule has 2 aliphatic rings. The van der Waals surface area contributed by atoms with Crippen LogP contribution >= 0.6 is 0 Å². The van der Waals surface area contributed by atoms with Crippen molar-refractivity contribution in [3.05, 3.63) is 0 Å². The van der Waals surface area contributed by atoms with E-state index in [0.29, 0.717) is 24.9 Å². The summed E-state index contributed by atoms with van der Waals surface area (Å²) in [7, 11) is 0. The van der Waals surface area contributed by atoms with Crippen molar-refractivity contribution in [2.24, 2.45) is 17.8 Å². The Hall–Kier alpha value is -1.06. The molecule has 4 unspecified atom stereocenters. The Balaban J connectivity index is -0.0000000370. The summed E-state index contributed by atoms with van der Waals surface area (Å²) in [6, 6.07) is 0. The molecule has 0 aromatic heterocycles. The van der Waals surface area contributed by atoms with Gasteiger partial charge in [-0.1, -0.05) is 85.6 Å². The zero-order chi connectivity index (χ0) is 16.3. The van der Waals surface area contributed by atoms with E-state index in [0.717, 1.165) is 0 Å². The van der Waals surface area contributed by atoms with Gasteiger partial charge in [-0.2, -0.15) is 0 Å². The van der Waals surface area contributed by atoms with E-state index < -0.39 is 0 Å². The lowest BCUT2D eigenvalue weighted by atomic mass is 10.0. The van der Waals surface area contributed by atoms with Crippen LogP contribution in [-0.4, -0.2) is 24.6 Å². The molecular formula is C21H52O4. The standard InChI is InChI=1S/2C6H10O2.2C2H6.5CH4/c1-4-3-8-6(7)5(4)2;1-4-3-6(7)8-5(4)2;2*1-2;;;;;/h2*4-5H,3H2,1-2H3;2*1-2H3;5*1H4. The van der Waals surface area contributed by atoms with Crippen molar-refractivity contribution in [3.8, 4) is 0 Å². The van der Waals surface area contributed by atoms with Gasteiger partial charge in [-0.25, -0.2) is 0 Å². The Kier molecular flexibility index (Phi) is 44.2. The number of hydrogen-bond acceptors (Lipinski definition) is 4. The maximum atomic E-state index is 10.6. The van der Waals surface area contributed by atoms with Crippen LogP contribution in [0.4, 0.5) is 0 Å². The number of hydrogen-bond donors (Lipinski definition) is 0. The van der Waals surface area contributed by atoms with Gasteiger partial charge in [0.15, 0.2) is 0 Å². The van der Waals surface area contributed by atoms with Crippen LogP contribution in [0.5, 0.6) is 0 Å². The molecule has 0 N–H and O–H groups in total. The maximum Gasteiger partial charge on any atom is 0.309 e. The van der Waals surface area contributed by atoms with Crippen molar-refractivity contribution < 1.29 is 19.1 Å². The molecule has 0 bridgehead atoms. The SMILES string of the molecule is C.C.C.C.C.CC.CC.CC1CC(=O)OC1C.CC1COC(=O)C1C. The van der Waals surface area contributed by atoms with E-state index in [1.54, 1.807) is 0 Å². The summed E-state index contributed by atoms with van der Waals surface area (Å²) in [6.45, 7) is 16.5. The number of cyclic esters (lactones) is 2. The van der Waals surface area contributed by atoms with E-state index in [-0.39, 0.29) is 61.1 Å². The summed E-state index contributed by atoms with van der Waals surface area (Å²) in [4.78, 5) is 21.0. The second-order valence-corrected chi connectivity index (χ2v) is 4.77. The van der Waals surface area contributed by atoms with Gasteiger partial charge in [-0.05, 0) is 6.92 Å². The predicted octanol–water partition coefficient (Wildman–Crippen LogP) is 7.01. The van der Waals surface area contributed by atoms with Gasteiger partial charge in [0.25, 0.3) is 0 Å². The van der Waals surface area contributed by atoms with E-state index in [1.807, 2.05) is 55.4 Å². The normalized spacial score (nSPS) is 24.5. The van der Waals surface area contributed by atoms with Crippen LogP contribution in [0, 0.1) is 17.8 Å². The molecule has 4 heteroatoms. The highest BCUT2D eigenvalue weighted by atomic mass is 16.6. The quantitative estimate of drug-likeness (QED) is 0.432. The minimum Gasteiger partial charge on any atom is -0.465 e. The van der Waals surface area contributed by atoms with Gasteiger partial charge in [0, 0.05) is 11.8 Å². The van der Waals surface area contributed by atoms with Gasteiger partial charge in [0.1, 0.15) is 6.10 Å². The first kappa shape index (κ1) is 43.9. The second-order valence-electron chi connectivity index (χ2n) is 4.77. The van der Waals surface area contributed by atoms with E-state index in [9.17, 15) is 9.59 Å². The first-order valence-electron chi connectivity index (χ1n) is 7.78. The zero-order valence-corrected chi connectivity index (χ0v) is 14.4. The number of esters is 2. The molecule has 0 spiro atoms. The van der Waals surface area contributed by atoms with Crippen LogP contribution in [0.1, 0.15) is 98.9 Å². The minimum atomic E-state index is -0.0509. The highest BCUT2D eigenvalue weighted by molar-refractivity contribution is 5.74. The third-order valence-corrected chi connectivity index (χ3v) is 3.32. The lowest BCUT2D eigenvalue weighted by molar-refractivity contribution is -0.141. The van der Waals surface area contributed by atoms with Crippen LogP contribution in [0.2, 0.25) is 0 Å². The average Bonchev–Trinajstić information content (AvgIpc) is 2.91. The van der Waals surface area contributed by atoms with E-state index >= 15 is 0 Å².